The molecule has 0 aliphatic rings. The lowest BCUT2D eigenvalue weighted by Crippen LogP contribution is -1.87. The van der Waals surface area contributed by atoms with Gasteiger partial charge >= 0.3 is 0 Å². The van der Waals surface area contributed by atoms with Crippen LogP contribution in [0.15, 0.2) is 59.5 Å². The second-order valence-corrected chi connectivity index (χ2v) is 5.29. The van der Waals surface area contributed by atoms with Crippen LogP contribution in [0.2, 0.25) is 0 Å². The molecular formula is C16H16OS. The zero-order valence-electron chi connectivity index (χ0n) is 10.2. The first-order valence-corrected chi connectivity index (χ1v) is 7.09. The number of carbonyl (C=O) groups is 1. The highest BCUT2D eigenvalue weighted by Crippen LogP contribution is 2.19. The minimum absolute atomic E-state index is 0.739. The van der Waals surface area contributed by atoms with Crippen LogP contribution < -0.4 is 0 Å². The molecule has 92 valence electrons. The molecule has 0 saturated carbocycles. The Labute approximate surface area is 112 Å². The smallest absolute Gasteiger partial charge is 0.150 e. The summed E-state index contributed by atoms with van der Waals surface area (Å²) in [5.41, 5.74) is 2.14. The maximum atomic E-state index is 10.5. The van der Waals surface area contributed by atoms with Gasteiger partial charge in [-0.3, -0.25) is 4.79 Å². The van der Waals surface area contributed by atoms with Crippen LogP contribution >= 0.6 is 11.8 Å². The van der Waals surface area contributed by atoms with Gasteiger partial charge in [-0.05, 0) is 36.3 Å². The van der Waals surface area contributed by atoms with Crippen molar-refractivity contribution in [3.63, 3.8) is 0 Å². The molecule has 18 heavy (non-hydrogen) atoms. The van der Waals surface area contributed by atoms with Crippen molar-refractivity contribution in [3.05, 3.63) is 65.7 Å². The van der Waals surface area contributed by atoms with E-state index in [9.17, 15) is 4.79 Å². The largest absolute Gasteiger partial charge is 0.298 e. The summed E-state index contributed by atoms with van der Waals surface area (Å²) in [6.07, 6.45) is 3.17. The predicted molar refractivity (Wildman–Crippen MR) is 77.3 cm³/mol. The number of aryl methyl sites for hydroxylation is 1. The fourth-order valence-electron chi connectivity index (χ4n) is 1.75. The fourth-order valence-corrected chi connectivity index (χ4v) is 2.61. The Morgan fingerprint density at radius 3 is 2.33 bits per heavy atom. The van der Waals surface area contributed by atoms with Crippen molar-refractivity contribution in [1.82, 2.24) is 0 Å². The summed E-state index contributed by atoms with van der Waals surface area (Å²) in [5.74, 6) is 1.11. The molecule has 0 atom stereocenters. The highest BCUT2D eigenvalue weighted by Gasteiger charge is 1.96. The maximum absolute atomic E-state index is 10.5. The van der Waals surface area contributed by atoms with E-state index in [0.29, 0.717) is 0 Å². The van der Waals surface area contributed by atoms with Gasteiger partial charge in [-0.25, -0.2) is 0 Å². The van der Waals surface area contributed by atoms with Gasteiger partial charge in [0.2, 0.25) is 0 Å². The van der Waals surface area contributed by atoms with E-state index in [-0.39, 0.29) is 0 Å². The molecule has 0 amide bonds. The summed E-state index contributed by atoms with van der Waals surface area (Å²) < 4.78 is 0. The van der Waals surface area contributed by atoms with E-state index in [2.05, 4.69) is 24.3 Å². The molecule has 0 unspecified atom stereocenters. The first-order chi connectivity index (χ1) is 8.88. The van der Waals surface area contributed by atoms with Gasteiger partial charge in [0.25, 0.3) is 0 Å². The lowest BCUT2D eigenvalue weighted by atomic mass is 10.1. The van der Waals surface area contributed by atoms with Gasteiger partial charge in [0.1, 0.15) is 6.29 Å². The third kappa shape index (κ3) is 4.04. The second-order valence-electron chi connectivity index (χ2n) is 4.12. The number of hydrogen-bond acceptors (Lipinski definition) is 2. The van der Waals surface area contributed by atoms with Crippen molar-refractivity contribution >= 4 is 18.0 Å². The topological polar surface area (TPSA) is 17.1 Å². The Kier molecular flexibility index (Phi) is 5.03. The monoisotopic (exact) mass is 256 g/mol. The molecule has 0 spiro atoms. The average molecular weight is 256 g/mol. The fraction of sp³-hybridized carbons (Fsp3) is 0.188. The number of carbonyl (C=O) groups excluding carboxylic acids is 1. The van der Waals surface area contributed by atoms with Gasteiger partial charge in [0.05, 0.1) is 0 Å². The lowest BCUT2D eigenvalue weighted by Gasteiger charge is -2.02. The van der Waals surface area contributed by atoms with Crippen LogP contribution in [0.3, 0.4) is 0 Å². The van der Waals surface area contributed by atoms with Crippen LogP contribution in [0.4, 0.5) is 0 Å². The van der Waals surface area contributed by atoms with E-state index in [0.717, 1.165) is 24.0 Å². The Morgan fingerprint density at radius 1 is 0.944 bits per heavy atom. The Hall–Kier alpha value is -1.54. The Balaban J connectivity index is 1.73. The lowest BCUT2D eigenvalue weighted by molar-refractivity contribution is 0.112. The normalized spacial score (nSPS) is 10.2. The molecule has 0 fully saturated rings. The minimum atomic E-state index is 0.739. The summed E-state index contributed by atoms with van der Waals surface area (Å²) in [6.45, 7) is 0. The number of thioether (sulfide) groups is 1. The molecule has 0 aromatic heterocycles. The van der Waals surface area contributed by atoms with Crippen LogP contribution in [0.5, 0.6) is 0 Å². The van der Waals surface area contributed by atoms with Crippen molar-refractivity contribution in [2.45, 2.75) is 17.7 Å². The van der Waals surface area contributed by atoms with Gasteiger partial charge in [-0.2, -0.15) is 0 Å². The first kappa shape index (κ1) is 12.9. The highest BCUT2D eigenvalue weighted by atomic mass is 32.2. The van der Waals surface area contributed by atoms with E-state index < -0.39 is 0 Å². The summed E-state index contributed by atoms with van der Waals surface area (Å²) in [4.78, 5) is 11.8. The van der Waals surface area contributed by atoms with E-state index >= 15 is 0 Å². The van der Waals surface area contributed by atoms with Crippen LogP contribution in [-0.4, -0.2) is 12.0 Å². The van der Waals surface area contributed by atoms with Crippen LogP contribution in [0.1, 0.15) is 22.3 Å². The summed E-state index contributed by atoms with van der Waals surface area (Å²) in [5, 5.41) is 0. The van der Waals surface area contributed by atoms with Crippen molar-refractivity contribution in [2.75, 3.05) is 5.75 Å². The van der Waals surface area contributed by atoms with E-state index in [4.69, 9.17) is 0 Å². The van der Waals surface area contributed by atoms with E-state index in [1.807, 2.05) is 42.1 Å². The zero-order chi connectivity index (χ0) is 12.6. The van der Waals surface area contributed by atoms with Gasteiger partial charge < -0.3 is 0 Å². The molecule has 2 heteroatoms. The third-order valence-electron chi connectivity index (χ3n) is 2.74. The molecular weight excluding hydrogens is 240 g/mol. The first-order valence-electron chi connectivity index (χ1n) is 6.10. The van der Waals surface area contributed by atoms with Crippen molar-refractivity contribution in [3.8, 4) is 0 Å². The van der Waals surface area contributed by atoms with Gasteiger partial charge in [0, 0.05) is 10.5 Å². The summed E-state index contributed by atoms with van der Waals surface area (Å²) >= 11 is 1.84. The van der Waals surface area contributed by atoms with Crippen LogP contribution in [-0.2, 0) is 6.42 Å². The quantitative estimate of drug-likeness (QED) is 0.437. The Bertz CT molecular complexity index is 476. The highest BCUT2D eigenvalue weighted by molar-refractivity contribution is 7.99. The van der Waals surface area contributed by atoms with E-state index in [1.165, 1.54) is 16.9 Å². The maximum Gasteiger partial charge on any atom is 0.150 e. The average Bonchev–Trinajstić information content (AvgIpc) is 2.45. The van der Waals surface area contributed by atoms with Crippen LogP contribution in [0, 0.1) is 0 Å². The standard InChI is InChI=1S/C16H16OS/c17-13-15-8-10-16(11-9-15)18-12-4-7-14-5-2-1-3-6-14/h1-3,5-6,8-11,13H,4,7,12H2. The van der Waals surface area contributed by atoms with Crippen LogP contribution in [0.25, 0.3) is 0 Å². The molecule has 0 heterocycles. The minimum Gasteiger partial charge on any atom is -0.298 e. The van der Waals surface area contributed by atoms with Gasteiger partial charge in [-0.15, -0.1) is 11.8 Å². The van der Waals surface area contributed by atoms with Crippen molar-refractivity contribution in [1.29, 1.82) is 0 Å². The zero-order valence-corrected chi connectivity index (χ0v) is 11.0. The van der Waals surface area contributed by atoms with Gasteiger partial charge in [-0.1, -0.05) is 42.5 Å². The number of aldehydes is 1. The molecule has 2 rings (SSSR count). The SMILES string of the molecule is O=Cc1ccc(SCCCc2ccccc2)cc1. The molecule has 2 aromatic rings. The van der Waals surface area contributed by atoms with Crippen molar-refractivity contribution < 1.29 is 4.79 Å². The number of hydrogen-bond donors (Lipinski definition) is 0. The summed E-state index contributed by atoms with van der Waals surface area (Å²) in [7, 11) is 0. The molecule has 0 aliphatic carbocycles. The second kappa shape index (κ2) is 7.02. The number of benzene rings is 2. The molecule has 1 nitrogen and oxygen atoms in total. The number of rotatable bonds is 6. The van der Waals surface area contributed by atoms with Gasteiger partial charge in [0.15, 0.2) is 0 Å². The Morgan fingerprint density at radius 2 is 1.67 bits per heavy atom. The molecule has 0 aliphatic heterocycles. The molecule has 0 radical (unpaired) electrons. The predicted octanol–water partition coefficient (Wildman–Crippen LogP) is 4.22. The molecule has 0 saturated heterocycles. The molecule has 0 bridgehead atoms. The van der Waals surface area contributed by atoms with Crippen molar-refractivity contribution in [2.24, 2.45) is 0 Å². The molecule has 2 aromatic carbocycles. The summed E-state index contributed by atoms with van der Waals surface area (Å²) in [6, 6.07) is 18.3. The third-order valence-corrected chi connectivity index (χ3v) is 3.84. The van der Waals surface area contributed by atoms with E-state index in [1.54, 1.807) is 0 Å². The molecule has 0 N–H and O–H groups in total.